The molecule has 0 bridgehead atoms. The van der Waals surface area contributed by atoms with Crippen LogP contribution in [0.3, 0.4) is 0 Å². The van der Waals surface area contributed by atoms with Gasteiger partial charge in [0.15, 0.2) is 0 Å². The molecular weight excluding hydrogens is 418 g/mol. The third-order valence-corrected chi connectivity index (χ3v) is 7.30. The first kappa shape index (κ1) is 17.1. The maximum absolute atomic E-state index is 14.9. The smallest absolute Gasteiger partial charge is 0.210 e. The maximum atomic E-state index is 14.9. The molecule has 0 saturated heterocycles. The van der Waals surface area contributed by atoms with Gasteiger partial charge in [0.05, 0.1) is 21.5 Å². The fraction of sp³-hybridized carbons (Fsp3) is 0.286. The summed E-state index contributed by atoms with van der Waals surface area (Å²) in [6.07, 6.45) is 4.63. The summed E-state index contributed by atoms with van der Waals surface area (Å²) in [6, 6.07) is 8.73. The van der Waals surface area contributed by atoms with Crippen molar-refractivity contribution in [3.05, 3.63) is 73.4 Å². The molecule has 3 nitrogen and oxygen atoms in total. The zero-order chi connectivity index (χ0) is 19.0. The number of hydrogen-bond donors (Lipinski definition) is 0. The van der Waals surface area contributed by atoms with E-state index in [9.17, 15) is 4.39 Å². The summed E-state index contributed by atoms with van der Waals surface area (Å²) in [7, 11) is 0. The van der Waals surface area contributed by atoms with E-state index < -0.39 is 0 Å². The maximum Gasteiger partial charge on any atom is 0.210 e. The SMILES string of the molecule is Fc1cc(Cl)cc2c1C1Cc3cc(Cl)ccc3N1[C@H](c1cnc(C3CC3)s1)O2. The Bertz CT molecular complexity index is 1110. The summed E-state index contributed by atoms with van der Waals surface area (Å²) in [4.78, 5) is 7.81. The Morgan fingerprint density at radius 3 is 2.82 bits per heavy atom. The molecule has 0 amide bonds. The first-order chi connectivity index (χ1) is 13.6. The van der Waals surface area contributed by atoms with Gasteiger partial charge in [0.25, 0.3) is 0 Å². The first-order valence-corrected chi connectivity index (χ1v) is 10.8. The molecule has 1 aromatic heterocycles. The number of benzene rings is 2. The minimum Gasteiger partial charge on any atom is -0.465 e. The largest absolute Gasteiger partial charge is 0.465 e. The second kappa shape index (κ2) is 6.09. The Labute approximate surface area is 175 Å². The number of halogens is 3. The van der Waals surface area contributed by atoms with Crippen LogP contribution in [0, 0.1) is 5.82 Å². The Balaban J connectivity index is 1.52. The molecule has 0 spiro atoms. The monoisotopic (exact) mass is 432 g/mol. The van der Waals surface area contributed by atoms with E-state index in [2.05, 4.69) is 9.88 Å². The lowest BCUT2D eigenvalue weighted by atomic mass is 9.99. The van der Waals surface area contributed by atoms with Crippen molar-refractivity contribution in [2.75, 3.05) is 4.90 Å². The third-order valence-electron chi connectivity index (χ3n) is 5.66. The number of thiazole rings is 1. The van der Waals surface area contributed by atoms with Gasteiger partial charge in [-0.25, -0.2) is 9.37 Å². The Morgan fingerprint density at radius 1 is 1.14 bits per heavy atom. The minimum absolute atomic E-state index is 0.161. The number of aromatic nitrogens is 1. The highest BCUT2D eigenvalue weighted by atomic mass is 35.5. The molecule has 3 aromatic rings. The van der Waals surface area contributed by atoms with Crippen LogP contribution in [0.4, 0.5) is 10.1 Å². The van der Waals surface area contributed by atoms with E-state index in [1.807, 2.05) is 24.4 Å². The second-order valence-corrected chi connectivity index (χ2v) is 9.51. The second-order valence-electron chi connectivity index (χ2n) is 7.55. The van der Waals surface area contributed by atoms with E-state index >= 15 is 0 Å². The van der Waals surface area contributed by atoms with Crippen molar-refractivity contribution in [2.45, 2.75) is 37.5 Å². The Hall–Kier alpha value is -1.82. The van der Waals surface area contributed by atoms with Crippen molar-refractivity contribution in [1.29, 1.82) is 0 Å². The summed E-state index contributed by atoms with van der Waals surface area (Å²) in [5, 5.41) is 2.18. The molecule has 142 valence electrons. The van der Waals surface area contributed by atoms with Crippen molar-refractivity contribution in [3.8, 4) is 5.75 Å². The van der Waals surface area contributed by atoms with Gasteiger partial charge in [0, 0.05) is 27.8 Å². The lowest BCUT2D eigenvalue weighted by Gasteiger charge is -2.40. The van der Waals surface area contributed by atoms with E-state index in [1.54, 1.807) is 17.4 Å². The van der Waals surface area contributed by atoms with Gasteiger partial charge in [-0.2, -0.15) is 0 Å². The third kappa shape index (κ3) is 2.56. The summed E-state index contributed by atoms with van der Waals surface area (Å²) in [5.41, 5.74) is 2.68. The van der Waals surface area contributed by atoms with Gasteiger partial charge < -0.3 is 9.64 Å². The van der Waals surface area contributed by atoms with Crippen LogP contribution in [-0.4, -0.2) is 4.98 Å². The predicted molar refractivity (Wildman–Crippen MR) is 109 cm³/mol. The van der Waals surface area contributed by atoms with Crippen molar-refractivity contribution in [3.63, 3.8) is 0 Å². The lowest BCUT2D eigenvalue weighted by molar-refractivity contribution is 0.168. The van der Waals surface area contributed by atoms with Crippen LogP contribution in [0.15, 0.2) is 36.5 Å². The standard InChI is InChI=1S/C21H15Cl2FN2OS/c22-12-3-4-15-11(5-12)6-16-19-14(24)7-13(23)8-17(19)27-21(26(15)16)18-9-25-20(28-18)10-1-2-10/h3-5,7-10,16,21H,1-2,6H2/t16?,21-/m0/s1. The molecule has 1 aliphatic carbocycles. The molecule has 6 rings (SSSR count). The average molecular weight is 433 g/mol. The number of fused-ring (bicyclic) bond motifs is 5. The van der Waals surface area contributed by atoms with Gasteiger partial charge in [-0.3, -0.25) is 0 Å². The van der Waals surface area contributed by atoms with Crippen LogP contribution in [0.5, 0.6) is 5.75 Å². The number of rotatable bonds is 2. The van der Waals surface area contributed by atoms with Gasteiger partial charge in [-0.1, -0.05) is 23.2 Å². The minimum atomic E-state index is -0.359. The average Bonchev–Trinajstić information content (AvgIpc) is 3.26. The first-order valence-electron chi connectivity index (χ1n) is 9.26. The molecule has 7 heteroatoms. The molecular formula is C21H15Cl2FN2OS. The van der Waals surface area contributed by atoms with Crippen molar-refractivity contribution >= 4 is 40.2 Å². The molecule has 0 radical (unpaired) electrons. The predicted octanol–water partition coefficient (Wildman–Crippen LogP) is 6.66. The van der Waals surface area contributed by atoms with Gasteiger partial charge in [0.2, 0.25) is 6.23 Å². The molecule has 3 heterocycles. The van der Waals surface area contributed by atoms with Crippen LogP contribution in [0.2, 0.25) is 10.0 Å². The lowest BCUT2D eigenvalue weighted by Crippen LogP contribution is -2.37. The number of anilines is 1. The highest BCUT2D eigenvalue weighted by molar-refractivity contribution is 7.11. The summed E-state index contributed by atoms with van der Waals surface area (Å²) >= 11 is 14.0. The van der Waals surface area contributed by atoms with Gasteiger partial charge in [-0.15, -0.1) is 11.3 Å². The van der Waals surface area contributed by atoms with Crippen LogP contribution < -0.4 is 9.64 Å². The molecule has 2 atom stereocenters. The van der Waals surface area contributed by atoms with Crippen LogP contribution in [0.1, 0.15) is 52.0 Å². The van der Waals surface area contributed by atoms with Gasteiger partial charge >= 0.3 is 0 Å². The van der Waals surface area contributed by atoms with Crippen LogP contribution >= 0.6 is 34.5 Å². The molecule has 1 saturated carbocycles. The van der Waals surface area contributed by atoms with E-state index in [1.165, 1.54) is 18.9 Å². The molecule has 1 fully saturated rings. The number of ether oxygens (including phenoxy) is 1. The van der Waals surface area contributed by atoms with E-state index in [0.29, 0.717) is 33.7 Å². The zero-order valence-electron chi connectivity index (χ0n) is 14.7. The van der Waals surface area contributed by atoms with Crippen molar-refractivity contribution < 1.29 is 9.13 Å². The molecule has 3 aliphatic rings. The van der Waals surface area contributed by atoms with E-state index in [4.69, 9.17) is 27.9 Å². The quantitative estimate of drug-likeness (QED) is 0.452. The van der Waals surface area contributed by atoms with Gasteiger partial charge in [0.1, 0.15) is 11.6 Å². The summed E-state index contributed by atoms with van der Waals surface area (Å²) < 4.78 is 21.2. The molecule has 0 N–H and O–H groups in total. The normalized spacial score (nSPS) is 22.5. The Kier molecular flexibility index (Phi) is 3.71. The number of nitrogens with zero attached hydrogens (tertiary/aromatic N) is 2. The van der Waals surface area contributed by atoms with Crippen LogP contribution in [-0.2, 0) is 6.42 Å². The van der Waals surface area contributed by atoms with Crippen LogP contribution in [0.25, 0.3) is 0 Å². The highest BCUT2D eigenvalue weighted by Gasteiger charge is 2.44. The van der Waals surface area contributed by atoms with Crippen molar-refractivity contribution in [1.82, 2.24) is 4.98 Å². The van der Waals surface area contributed by atoms with E-state index in [0.717, 1.165) is 21.1 Å². The molecule has 28 heavy (non-hydrogen) atoms. The summed E-state index contributed by atoms with van der Waals surface area (Å²) in [5.74, 6) is 0.760. The fourth-order valence-corrected chi connectivity index (χ4v) is 5.77. The molecule has 2 aliphatic heterocycles. The topological polar surface area (TPSA) is 25.4 Å². The molecule has 2 aromatic carbocycles. The highest BCUT2D eigenvalue weighted by Crippen LogP contribution is 2.54. The van der Waals surface area contributed by atoms with Gasteiger partial charge in [-0.05, 0) is 55.2 Å². The van der Waals surface area contributed by atoms with E-state index in [-0.39, 0.29) is 18.1 Å². The van der Waals surface area contributed by atoms with Crippen molar-refractivity contribution in [2.24, 2.45) is 0 Å². The fourth-order valence-electron chi connectivity index (χ4n) is 4.26. The Morgan fingerprint density at radius 2 is 2.00 bits per heavy atom. The number of hydrogen-bond acceptors (Lipinski definition) is 4. The zero-order valence-corrected chi connectivity index (χ0v) is 17.0. The molecule has 1 unspecified atom stereocenters. The summed E-state index contributed by atoms with van der Waals surface area (Å²) in [6.45, 7) is 0.